The normalized spacial score (nSPS) is 11.9. The zero-order valence-corrected chi connectivity index (χ0v) is 16.8. The number of hydrogen-bond donors (Lipinski definition) is 2. The molecule has 0 saturated heterocycles. The van der Waals surface area contributed by atoms with Gasteiger partial charge in [-0.05, 0) is 42.8 Å². The van der Waals surface area contributed by atoms with Crippen LogP contribution in [0, 0.1) is 0 Å². The molecule has 28 heavy (non-hydrogen) atoms. The summed E-state index contributed by atoms with van der Waals surface area (Å²) in [6.45, 7) is 1.55. The van der Waals surface area contributed by atoms with Crippen molar-refractivity contribution in [3.63, 3.8) is 0 Å². The molecule has 2 N–H and O–H groups in total. The van der Waals surface area contributed by atoms with Crippen LogP contribution in [0.25, 0.3) is 6.08 Å². The van der Waals surface area contributed by atoms with Gasteiger partial charge in [0.05, 0.1) is 7.11 Å². The number of nitrogens with one attached hydrogen (secondary N) is 1. The van der Waals surface area contributed by atoms with Crippen molar-refractivity contribution in [3.8, 4) is 11.5 Å². The van der Waals surface area contributed by atoms with Crippen LogP contribution in [0.1, 0.15) is 18.1 Å². The van der Waals surface area contributed by atoms with Crippen molar-refractivity contribution in [2.75, 3.05) is 7.11 Å². The van der Waals surface area contributed by atoms with Gasteiger partial charge in [0.15, 0.2) is 11.5 Å². The van der Waals surface area contributed by atoms with Crippen LogP contribution >= 0.6 is 23.2 Å². The third-order valence-electron chi connectivity index (χ3n) is 3.78. The molecule has 0 unspecified atom stereocenters. The Kier molecular flexibility index (Phi) is 7.72. The Morgan fingerprint density at radius 3 is 2.46 bits per heavy atom. The quantitative estimate of drug-likeness (QED) is 0.621. The molecule has 0 aromatic heterocycles. The molecule has 0 radical (unpaired) electrons. The van der Waals surface area contributed by atoms with Gasteiger partial charge >= 0.3 is 5.97 Å². The average molecular weight is 424 g/mol. The highest BCUT2D eigenvalue weighted by atomic mass is 35.5. The van der Waals surface area contributed by atoms with Gasteiger partial charge in [0.25, 0.3) is 0 Å². The van der Waals surface area contributed by atoms with Crippen LogP contribution in [0.3, 0.4) is 0 Å². The number of benzene rings is 2. The van der Waals surface area contributed by atoms with Crippen molar-refractivity contribution in [2.24, 2.45) is 0 Å². The molecule has 0 aliphatic carbocycles. The van der Waals surface area contributed by atoms with Crippen LogP contribution < -0.4 is 14.8 Å². The van der Waals surface area contributed by atoms with Gasteiger partial charge in [-0.25, -0.2) is 0 Å². The second kappa shape index (κ2) is 10.0. The Labute approximate surface area is 172 Å². The summed E-state index contributed by atoms with van der Waals surface area (Å²) in [5.74, 6) is -0.671. The number of carbonyl (C=O) groups is 2. The van der Waals surface area contributed by atoms with E-state index in [1.807, 2.05) is 0 Å². The Bertz CT molecular complexity index is 878. The van der Waals surface area contributed by atoms with E-state index in [-0.39, 0.29) is 6.61 Å². The first-order valence-electron chi connectivity index (χ1n) is 8.27. The molecule has 0 saturated carbocycles. The number of halogens is 2. The number of amides is 1. The summed E-state index contributed by atoms with van der Waals surface area (Å²) in [6, 6.07) is 9.36. The van der Waals surface area contributed by atoms with Crippen LogP contribution in [0.5, 0.6) is 11.5 Å². The summed E-state index contributed by atoms with van der Waals surface area (Å²) in [7, 11) is 1.50. The van der Waals surface area contributed by atoms with E-state index in [9.17, 15) is 9.59 Å². The SMILES string of the molecule is COc1cc(/C=C/C(=O)N[C@@H](C)C(=O)O)ccc1OCc1c(Cl)cccc1Cl. The number of ether oxygens (including phenoxy) is 2. The lowest BCUT2D eigenvalue weighted by molar-refractivity contribution is -0.140. The highest BCUT2D eigenvalue weighted by Gasteiger charge is 2.12. The molecule has 2 aromatic carbocycles. The lowest BCUT2D eigenvalue weighted by atomic mass is 10.2. The fraction of sp³-hybridized carbons (Fsp3) is 0.200. The first kappa shape index (κ1) is 21.6. The minimum atomic E-state index is -1.11. The van der Waals surface area contributed by atoms with Gasteiger partial charge < -0.3 is 19.9 Å². The molecule has 1 atom stereocenters. The van der Waals surface area contributed by atoms with E-state index in [2.05, 4.69) is 5.32 Å². The van der Waals surface area contributed by atoms with Gasteiger partial charge in [-0.15, -0.1) is 0 Å². The number of carboxylic acids is 1. The van der Waals surface area contributed by atoms with E-state index in [0.29, 0.717) is 32.7 Å². The van der Waals surface area contributed by atoms with Crippen molar-refractivity contribution in [3.05, 3.63) is 63.6 Å². The molecule has 0 bridgehead atoms. The lowest BCUT2D eigenvalue weighted by Crippen LogP contribution is -2.37. The Balaban J connectivity index is 2.08. The molecule has 8 heteroatoms. The standard InChI is InChI=1S/C20H19Cl2NO5/c1-12(20(25)26)23-19(24)9-7-13-6-8-17(18(10-13)27-2)28-11-14-15(21)4-3-5-16(14)22/h3-10,12H,11H2,1-2H3,(H,23,24)(H,25,26)/b9-7+/t12-/m0/s1. The summed E-state index contributed by atoms with van der Waals surface area (Å²) in [5, 5.41) is 12.1. The summed E-state index contributed by atoms with van der Waals surface area (Å²) in [6.07, 6.45) is 2.79. The van der Waals surface area contributed by atoms with Crippen molar-refractivity contribution < 1.29 is 24.2 Å². The molecule has 0 aliphatic heterocycles. The number of methoxy groups -OCH3 is 1. The summed E-state index contributed by atoms with van der Waals surface area (Å²) >= 11 is 12.3. The Hall–Kier alpha value is -2.70. The van der Waals surface area contributed by atoms with Crippen molar-refractivity contribution in [1.29, 1.82) is 0 Å². The van der Waals surface area contributed by atoms with Gasteiger partial charge in [-0.3, -0.25) is 9.59 Å². The van der Waals surface area contributed by atoms with E-state index < -0.39 is 17.9 Å². The van der Waals surface area contributed by atoms with E-state index in [1.54, 1.807) is 42.5 Å². The molecule has 1 amide bonds. The maximum absolute atomic E-state index is 11.7. The molecule has 0 heterocycles. The zero-order valence-electron chi connectivity index (χ0n) is 15.2. The summed E-state index contributed by atoms with van der Waals surface area (Å²) in [4.78, 5) is 22.5. The predicted octanol–water partition coefficient (Wildman–Crippen LogP) is 4.18. The van der Waals surface area contributed by atoms with E-state index in [4.69, 9.17) is 37.8 Å². The second-order valence-electron chi connectivity index (χ2n) is 5.80. The fourth-order valence-electron chi connectivity index (χ4n) is 2.22. The largest absolute Gasteiger partial charge is 0.493 e. The second-order valence-corrected chi connectivity index (χ2v) is 6.62. The van der Waals surface area contributed by atoms with Gasteiger partial charge in [-0.1, -0.05) is 35.3 Å². The monoisotopic (exact) mass is 423 g/mol. The first-order chi connectivity index (χ1) is 13.3. The molecule has 0 fully saturated rings. The molecule has 0 aliphatic rings. The van der Waals surface area contributed by atoms with Gasteiger partial charge in [0.2, 0.25) is 5.91 Å². The fourth-order valence-corrected chi connectivity index (χ4v) is 2.73. The molecule has 2 aromatic rings. The zero-order chi connectivity index (χ0) is 20.7. The topological polar surface area (TPSA) is 84.9 Å². The Morgan fingerprint density at radius 1 is 1.18 bits per heavy atom. The summed E-state index contributed by atoms with van der Waals surface area (Å²) < 4.78 is 11.1. The minimum Gasteiger partial charge on any atom is -0.493 e. The number of carbonyl (C=O) groups excluding carboxylic acids is 1. The van der Waals surface area contributed by atoms with E-state index >= 15 is 0 Å². The van der Waals surface area contributed by atoms with E-state index in [0.717, 1.165) is 0 Å². The van der Waals surface area contributed by atoms with Crippen LogP contribution in [0.15, 0.2) is 42.5 Å². The third-order valence-corrected chi connectivity index (χ3v) is 4.49. The van der Waals surface area contributed by atoms with Crippen LogP contribution in [-0.2, 0) is 16.2 Å². The Morgan fingerprint density at radius 2 is 1.86 bits per heavy atom. The first-order valence-corrected chi connectivity index (χ1v) is 9.02. The predicted molar refractivity (Wildman–Crippen MR) is 108 cm³/mol. The maximum atomic E-state index is 11.7. The molecule has 148 valence electrons. The maximum Gasteiger partial charge on any atom is 0.325 e. The molecule has 6 nitrogen and oxygen atoms in total. The number of rotatable bonds is 8. The number of hydrogen-bond acceptors (Lipinski definition) is 4. The minimum absolute atomic E-state index is 0.166. The van der Waals surface area contributed by atoms with E-state index in [1.165, 1.54) is 20.1 Å². The summed E-state index contributed by atoms with van der Waals surface area (Å²) in [5.41, 5.74) is 1.35. The van der Waals surface area contributed by atoms with Crippen molar-refractivity contribution >= 4 is 41.2 Å². The number of carboxylic acid groups (broad SMARTS) is 1. The molecule has 2 rings (SSSR count). The highest BCUT2D eigenvalue weighted by molar-refractivity contribution is 6.35. The van der Waals surface area contributed by atoms with Gasteiger partial charge in [0, 0.05) is 21.7 Å². The molecular formula is C20H19Cl2NO5. The highest BCUT2D eigenvalue weighted by Crippen LogP contribution is 2.31. The van der Waals surface area contributed by atoms with Crippen LogP contribution in [-0.4, -0.2) is 30.1 Å². The molecule has 0 spiro atoms. The number of aliphatic carboxylic acids is 1. The average Bonchev–Trinajstić information content (AvgIpc) is 2.66. The van der Waals surface area contributed by atoms with Crippen LogP contribution in [0.2, 0.25) is 10.0 Å². The lowest BCUT2D eigenvalue weighted by Gasteiger charge is -2.13. The van der Waals surface area contributed by atoms with Gasteiger partial charge in [-0.2, -0.15) is 0 Å². The van der Waals surface area contributed by atoms with Crippen LogP contribution in [0.4, 0.5) is 0 Å². The van der Waals surface area contributed by atoms with Crippen molar-refractivity contribution in [1.82, 2.24) is 5.32 Å². The molecular weight excluding hydrogens is 405 g/mol. The smallest absolute Gasteiger partial charge is 0.325 e. The third kappa shape index (κ3) is 5.90. The van der Waals surface area contributed by atoms with Crippen molar-refractivity contribution in [2.45, 2.75) is 19.6 Å². The van der Waals surface area contributed by atoms with Gasteiger partial charge in [0.1, 0.15) is 12.6 Å².